The minimum Gasteiger partial charge on any atom is -0.337 e. The second kappa shape index (κ2) is 7.35. The van der Waals surface area contributed by atoms with Crippen molar-refractivity contribution in [2.45, 2.75) is 11.4 Å². The Morgan fingerprint density at radius 2 is 1.95 bits per heavy atom. The molecule has 1 amide bonds. The van der Waals surface area contributed by atoms with Crippen molar-refractivity contribution in [1.29, 1.82) is 5.26 Å². The first-order valence-corrected chi connectivity index (χ1v) is 8.23. The maximum Gasteiger partial charge on any atom is 0.255 e. The normalized spacial score (nSPS) is 10.1. The Morgan fingerprint density at radius 3 is 2.55 bits per heavy atom. The molecule has 0 heterocycles. The zero-order valence-electron chi connectivity index (χ0n) is 12.3. The molecule has 0 radical (unpaired) electrons. The van der Waals surface area contributed by atoms with Gasteiger partial charge in [0.05, 0.1) is 22.2 Å². The van der Waals surface area contributed by atoms with E-state index in [1.807, 2.05) is 30.5 Å². The van der Waals surface area contributed by atoms with Crippen LogP contribution >= 0.6 is 23.4 Å². The maximum atomic E-state index is 12.5. The van der Waals surface area contributed by atoms with Crippen LogP contribution in [0.3, 0.4) is 0 Å². The molecular weight excluding hydrogens is 316 g/mol. The highest BCUT2D eigenvalue weighted by molar-refractivity contribution is 7.98. The van der Waals surface area contributed by atoms with E-state index < -0.39 is 0 Å². The number of carbonyl (C=O) groups excluding carboxylic acids is 1. The molecule has 112 valence electrons. The molecular formula is C17H15ClN2OS. The van der Waals surface area contributed by atoms with Gasteiger partial charge in [0.25, 0.3) is 5.91 Å². The van der Waals surface area contributed by atoms with E-state index in [1.165, 1.54) is 0 Å². The zero-order chi connectivity index (χ0) is 16.1. The fourth-order valence-electron chi connectivity index (χ4n) is 2.03. The molecule has 0 N–H and O–H groups in total. The monoisotopic (exact) mass is 330 g/mol. The van der Waals surface area contributed by atoms with Crippen LogP contribution in [0, 0.1) is 11.3 Å². The average molecular weight is 331 g/mol. The fourth-order valence-corrected chi connectivity index (χ4v) is 2.67. The van der Waals surface area contributed by atoms with Gasteiger partial charge < -0.3 is 4.90 Å². The average Bonchev–Trinajstić information content (AvgIpc) is 2.55. The maximum absolute atomic E-state index is 12.5. The minimum absolute atomic E-state index is 0.120. The second-order valence-electron chi connectivity index (χ2n) is 4.82. The predicted octanol–water partition coefficient (Wildman–Crippen LogP) is 4.21. The number of hydrogen-bond donors (Lipinski definition) is 0. The number of nitrogens with zero attached hydrogens (tertiary/aromatic N) is 2. The van der Waals surface area contributed by atoms with Crippen molar-refractivity contribution in [3.8, 4) is 6.07 Å². The Balaban J connectivity index is 2.16. The van der Waals surface area contributed by atoms with Crippen molar-refractivity contribution in [3.05, 3.63) is 64.2 Å². The second-order valence-corrected chi connectivity index (χ2v) is 6.10. The van der Waals surface area contributed by atoms with E-state index in [0.29, 0.717) is 22.7 Å². The van der Waals surface area contributed by atoms with Crippen LogP contribution in [0.4, 0.5) is 0 Å². The number of rotatable bonds is 4. The SMILES string of the molecule is CSc1ccc(Cl)c(C(=O)N(C)Cc2ccc(C#N)cc2)c1. The van der Waals surface area contributed by atoms with Gasteiger partial charge in [-0.15, -0.1) is 11.8 Å². The van der Waals surface area contributed by atoms with Gasteiger partial charge in [-0.25, -0.2) is 0 Å². The van der Waals surface area contributed by atoms with Crippen LogP contribution in [0.15, 0.2) is 47.4 Å². The molecule has 22 heavy (non-hydrogen) atoms. The number of halogens is 1. The van der Waals surface area contributed by atoms with Gasteiger partial charge >= 0.3 is 0 Å². The van der Waals surface area contributed by atoms with E-state index in [-0.39, 0.29) is 5.91 Å². The van der Waals surface area contributed by atoms with E-state index in [2.05, 4.69) is 6.07 Å². The third-order valence-electron chi connectivity index (χ3n) is 3.25. The van der Waals surface area contributed by atoms with Gasteiger partial charge in [-0.3, -0.25) is 4.79 Å². The van der Waals surface area contributed by atoms with Crippen molar-refractivity contribution >= 4 is 29.3 Å². The number of hydrogen-bond acceptors (Lipinski definition) is 3. The molecule has 0 aliphatic heterocycles. The summed E-state index contributed by atoms with van der Waals surface area (Å²) in [5.41, 5.74) is 2.07. The largest absolute Gasteiger partial charge is 0.337 e. The molecule has 0 bridgehead atoms. The summed E-state index contributed by atoms with van der Waals surface area (Å²) in [4.78, 5) is 15.2. The van der Waals surface area contributed by atoms with Crippen LogP contribution < -0.4 is 0 Å². The van der Waals surface area contributed by atoms with E-state index >= 15 is 0 Å². The number of carbonyl (C=O) groups is 1. The highest BCUT2D eigenvalue weighted by atomic mass is 35.5. The van der Waals surface area contributed by atoms with E-state index in [0.717, 1.165) is 10.5 Å². The molecule has 0 aromatic heterocycles. The van der Waals surface area contributed by atoms with E-state index in [9.17, 15) is 4.79 Å². The Morgan fingerprint density at radius 1 is 1.27 bits per heavy atom. The quantitative estimate of drug-likeness (QED) is 0.789. The standard InChI is InChI=1S/C17H15ClN2OS/c1-20(11-13-5-3-12(10-19)4-6-13)17(21)15-9-14(22-2)7-8-16(15)18/h3-9H,11H2,1-2H3. The lowest BCUT2D eigenvalue weighted by Crippen LogP contribution is -2.26. The van der Waals surface area contributed by atoms with Crippen LogP contribution in [0.5, 0.6) is 0 Å². The molecule has 0 aliphatic rings. The first-order valence-electron chi connectivity index (χ1n) is 6.63. The van der Waals surface area contributed by atoms with Crippen molar-refractivity contribution in [2.24, 2.45) is 0 Å². The third-order valence-corrected chi connectivity index (χ3v) is 4.31. The Kier molecular flexibility index (Phi) is 5.48. The number of thioether (sulfide) groups is 1. The predicted molar refractivity (Wildman–Crippen MR) is 90.2 cm³/mol. The lowest BCUT2D eigenvalue weighted by Gasteiger charge is -2.18. The van der Waals surface area contributed by atoms with Crippen LogP contribution in [0.25, 0.3) is 0 Å². The molecule has 0 spiro atoms. The molecule has 0 atom stereocenters. The Labute approximate surface area is 139 Å². The molecule has 0 saturated carbocycles. The Bertz CT molecular complexity index is 722. The van der Waals surface area contributed by atoms with Gasteiger partial charge in [0, 0.05) is 18.5 Å². The van der Waals surface area contributed by atoms with E-state index in [1.54, 1.807) is 41.9 Å². The highest BCUT2D eigenvalue weighted by Crippen LogP contribution is 2.24. The molecule has 2 rings (SSSR count). The summed E-state index contributed by atoms with van der Waals surface area (Å²) in [5.74, 6) is -0.120. The first kappa shape index (κ1) is 16.4. The lowest BCUT2D eigenvalue weighted by molar-refractivity contribution is 0.0785. The van der Waals surface area contributed by atoms with E-state index in [4.69, 9.17) is 16.9 Å². The highest BCUT2D eigenvalue weighted by Gasteiger charge is 2.16. The topological polar surface area (TPSA) is 44.1 Å². The summed E-state index contributed by atoms with van der Waals surface area (Å²) in [6.07, 6.45) is 1.96. The number of benzene rings is 2. The minimum atomic E-state index is -0.120. The summed E-state index contributed by atoms with van der Waals surface area (Å²) in [5, 5.41) is 9.25. The summed E-state index contributed by atoms with van der Waals surface area (Å²) >= 11 is 7.71. The van der Waals surface area contributed by atoms with Crippen molar-refractivity contribution in [1.82, 2.24) is 4.90 Å². The molecule has 2 aromatic rings. The van der Waals surface area contributed by atoms with Crippen LogP contribution in [-0.2, 0) is 6.54 Å². The lowest BCUT2D eigenvalue weighted by atomic mass is 10.1. The molecule has 3 nitrogen and oxygen atoms in total. The summed E-state index contributed by atoms with van der Waals surface area (Å²) in [7, 11) is 1.74. The Hall–Kier alpha value is -1.96. The van der Waals surface area contributed by atoms with Crippen molar-refractivity contribution in [3.63, 3.8) is 0 Å². The van der Waals surface area contributed by atoms with Crippen LogP contribution in [-0.4, -0.2) is 24.1 Å². The van der Waals surface area contributed by atoms with Gasteiger partial charge in [0.15, 0.2) is 0 Å². The molecule has 0 aliphatic carbocycles. The summed E-state index contributed by atoms with van der Waals surface area (Å²) < 4.78 is 0. The smallest absolute Gasteiger partial charge is 0.255 e. The van der Waals surface area contributed by atoms with Gasteiger partial charge in [-0.05, 0) is 42.2 Å². The van der Waals surface area contributed by atoms with Crippen molar-refractivity contribution < 1.29 is 4.79 Å². The first-order chi connectivity index (χ1) is 10.5. The van der Waals surface area contributed by atoms with Gasteiger partial charge in [-0.2, -0.15) is 5.26 Å². The van der Waals surface area contributed by atoms with Gasteiger partial charge in [0.2, 0.25) is 0 Å². The molecule has 0 unspecified atom stereocenters. The van der Waals surface area contributed by atoms with Gasteiger partial charge in [0.1, 0.15) is 0 Å². The summed E-state index contributed by atoms with van der Waals surface area (Å²) in [6, 6.07) is 14.7. The molecule has 2 aromatic carbocycles. The van der Waals surface area contributed by atoms with Crippen LogP contribution in [0.1, 0.15) is 21.5 Å². The molecule has 5 heteroatoms. The third kappa shape index (κ3) is 3.82. The van der Waals surface area contributed by atoms with Crippen LogP contribution in [0.2, 0.25) is 5.02 Å². The van der Waals surface area contributed by atoms with Crippen molar-refractivity contribution in [2.75, 3.05) is 13.3 Å². The molecule has 0 fully saturated rings. The number of nitriles is 1. The zero-order valence-corrected chi connectivity index (χ0v) is 13.9. The fraction of sp³-hybridized carbons (Fsp3) is 0.176. The number of amides is 1. The molecule has 0 saturated heterocycles. The van der Waals surface area contributed by atoms with Gasteiger partial charge in [-0.1, -0.05) is 23.7 Å². The summed E-state index contributed by atoms with van der Waals surface area (Å²) in [6.45, 7) is 0.463.